The lowest BCUT2D eigenvalue weighted by molar-refractivity contribution is -0.151. The van der Waals surface area contributed by atoms with Gasteiger partial charge in [0.1, 0.15) is 18.2 Å². The van der Waals surface area contributed by atoms with Crippen LogP contribution in [-0.4, -0.2) is 126 Å². The Balaban J connectivity index is 1.39. The van der Waals surface area contributed by atoms with Crippen LogP contribution < -0.4 is 5.32 Å². The van der Waals surface area contributed by atoms with E-state index in [2.05, 4.69) is 10.2 Å². The van der Waals surface area contributed by atoms with Gasteiger partial charge in [-0.2, -0.15) is 0 Å². The molecule has 5 aliphatic rings. The standard InChI is InChI=1S/C36H48N4O8/c1-24(2)21-26(22-41)40-32-35(45)39(16-15-38-17-19-46-20-18-38)14-8-4-7-11-29(42)47-23-27(25-9-5-3-6-10-25)37-33(43)30-28-12-13-36(32,48-28)31(30)34(40)44/h3-6,8-10,12-13,24,26-28,30-32,41H,7,11,14-23H2,1-2H3,(H,37,43)/b8-4-/t26-,27+,28+,30-,31-,32+,36-/m1/s1. The molecule has 260 valence electrons. The summed E-state index contributed by atoms with van der Waals surface area (Å²) in [5.74, 6) is -3.21. The van der Waals surface area contributed by atoms with E-state index in [9.17, 15) is 24.3 Å². The zero-order valence-electron chi connectivity index (χ0n) is 27.9. The van der Waals surface area contributed by atoms with E-state index >= 15 is 0 Å². The van der Waals surface area contributed by atoms with Crippen LogP contribution in [0, 0.1) is 17.8 Å². The molecule has 3 amide bonds. The Hall–Kier alpha value is -3.58. The van der Waals surface area contributed by atoms with E-state index in [1.54, 1.807) is 17.1 Å². The quantitative estimate of drug-likeness (QED) is 0.313. The Morgan fingerprint density at radius 2 is 1.79 bits per heavy atom. The molecular weight excluding hydrogens is 616 g/mol. The molecule has 1 aromatic rings. The third kappa shape index (κ3) is 6.80. The molecule has 48 heavy (non-hydrogen) atoms. The van der Waals surface area contributed by atoms with Crippen molar-refractivity contribution in [3.8, 4) is 0 Å². The first kappa shape index (κ1) is 34.3. The summed E-state index contributed by atoms with van der Waals surface area (Å²) < 4.78 is 17.7. The highest BCUT2D eigenvalue weighted by Gasteiger charge is 2.73. The van der Waals surface area contributed by atoms with Crippen molar-refractivity contribution in [3.05, 3.63) is 60.2 Å². The van der Waals surface area contributed by atoms with Gasteiger partial charge in [-0.25, -0.2) is 0 Å². The van der Waals surface area contributed by atoms with Gasteiger partial charge in [-0.1, -0.05) is 68.5 Å². The number of nitrogens with one attached hydrogen (secondary N) is 1. The predicted octanol–water partition coefficient (Wildman–Crippen LogP) is 1.46. The molecule has 6 rings (SSSR count). The largest absolute Gasteiger partial charge is 0.463 e. The van der Waals surface area contributed by atoms with Crippen LogP contribution in [0.15, 0.2) is 54.6 Å². The summed E-state index contributed by atoms with van der Waals surface area (Å²) in [6.07, 6.45) is 7.67. The average molecular weight is 665 g/mol. The number of fused-ring (bicyclic) bond motifs is 2. The number of amides is 3. The van der Waals surface area contributed by atoms with E-state index in [1.807, 2.05) is 56.3 Å². The van der Waals surface area contributed by atoms with Gasteiger partial charge in [0.05, 0.1) is 49.8 Å². The maximum Gasteiger partial charge on any atom is 0.306 e. The number of benzene rings is 1. The number of carbonyl (C=O) groups is 4. The Morgan fingerprint density at radius 3 is 2.52 bits per heavy atom. The monoisotopic (exact) mass is 664 g/mol. The van der Waals surface area contributed by atoms with Gasteiger partial charge in [0, 0.05) is 39.1 Å². The van der Waals surface area contributed by atoms with E-state index in [0.717, 1.165) is 18.7 Å². The highest BCUT2D eigenvalue weighted by Crippen LogP contribution is 2.56. The minimum atomic E-state index is -1.37. The number of allylic oxidation sites excluding steroid dienone is 1. The second-order valence-electron chi connectivity index (χ2n) is 13.8. The molecule has 12 heteroatoms. The molecule has 5 bridgehead atoms. The topological polar surface area (TPSA) is 138 Å². The van der Waals surface area contributed by atoms with Gasteiger partial charge < -0.3 is 34.4 Å². The summed E-state index contributed by atoms with van der Waals surface area (Å²) in [5, 5.41) is 13.7. The van der Waals surface area contributed by atoms with E-state index in [1.165, 1.54) is 4.90 Å². The summed E-state index contributed by atoms with van der Waals surface area (Å²) in [6, 6.07) is 6.91. The number of aliphatic hydroxyl groups is 1. The molecule has 7 atom stereocenters. The van der Waals surface area contributed by atoms with Crippen molar-refractivity contribution in [2.75, 3.05) is 59.2 Å². The molecular formula is C36H48N4O8. The van der Waals surface area contributed by atoms with Crippen LogP contribution in [0.3, 0.4) is 0 Å². The number of aliphatic hydroxyl groups excluding tert-OH is 1. The fourth-order valence-corrected chi connectivity index (χ4v) is 7.90. The highest BCUT2D eigenvalue weighted by atomic mass is 16.5. The molecule has 1 spiro atoms. The minimum Gasteiger partial charge on any atom is -0.463 e. The normalized spacial score (nSPS) is 32.8. The van der Waals surface area contributed by atoms with Crippen molar-refractivity contribution in [2.24, 2.45) is 17.8 Å². The maximum atomic E-state index is 14.9. The minimum absolute atomic E-state index is 0.0698. The third-order valence-electron chi connectivity index (χ3n) is 10.2. The number of carbonyl (C=O) groups excluding carboxylic acids is 4. The second kappa shape index (κ2) is 14.9. The SMILES string of the molecule is CC(C)C[C@H](CO)N1C(=O)[C@H]2[C@@H]3C(=O)N[C@H](c4ccccc4)COC(=O)CC/C=C\CN(CCN4CCOCC4)C(=O)[C@H]1[C@@]21C=C[C@@H]3O1. The number of nitrogens with zero attached hydrogens (tertiary/aromatic N) is 3. The van der Waals surface area contributed by atoms with Gasteiger partial charge >= 0.3 is 5.97 Å². The number of likely N-dealkylation sites (tertiary alicyclic amines) is 1. The van der Waals surface area contributed by atoms with Crippen molar-refractivity contribution < 1.29 is 38.5 Å². The molecule has 0 unspecified atom stereocenters. The Morgan fingerprint density at radius 1 is 1.02 bits per heavy atom. The Bertz CT molecular complexity index is 1400. The fourth-order valence-electron chi connectivity index (χ4n) is 7.90. The van der Waals surface area contributed by atoms with Gasteiger partial charge in [-0.3, -0.25) is 24.1 Å². The van der Waals surface area contributed by atoms with E-state index in [0.29, 0.717) is 39.1 Å². The number of cyclic esters (lactones) is 1. The molecule has 5 aliphatic heterocycles. The lowest BCUT2D eigenvalue weighted by Gasteiger charge is -2.39. The molecule has 3 saturated heterocycles. The predicted molar refractivity (Wildman–Crippen MR) is 175 cm³/mol. The van der Waals surface area contributed by atoms with Crippen LogP contribution >= 0.6 is 0 Å². The molecule has 0 aromatic heterocycles. The first-order valence-corrected chi connectivity index (χ1v) is 17.3. The third-order valence-corrected chi connectivity index (χ3v) is 10.2. The van der Waals surface area contributed by atoms with Gasteiger partial charge in [-0.15, -0.1) is 0 Å². The zero-order chi connectivity index (χ0) is 33.8. The number of ether oxygens (including phenoxy) is 3. The molecule has 5 heterocycles. The molecule has 1 aromatic carbocycles. The molecule has 0 radical (unpaired) electrons. The summed E-state index contributed by atoms with van der Waals surface area (Å²) in [5.41, 5.74) is -0.610. The van der Waals surface area contributed by atoms with Gasteiger partial charge in [0.2, 0.25) is 17.7 Å². The number of hydrogen-bond donors (Lipinski definition) is 2. The van der Waals surface area contributed by atoms with E-state index in [-0.39, 0.29) is 43.9 Å². The van der Waals surface area contributed by atoms with Crippen LogP contribution in [0.2, 0.25) is 0 Å². The van der Waals surface area contributed by atoms with Gasteiger partial charge in [0.15, 0.2) is 0 Å². The van der Waals surface area contributed by atoms with Gasteiger partial charge in [-0.05, 0) is 24.3 Å². The summed E-state index contributed by atoms with van der Waals surface area (Å²) in [6.45, 7) is 7.68. The van der Waals surface area contributed by atoms with Crippen LogP contribution in [0.5, 0.6) is 0 Å². The van der Waals surface area contributed by atoms with Gasteiger partial charge in [0.25, 0.3) is 0 Å². The molecule has 3 fully saturated rings. The average Bonchev–Trinajstić information content (AvgIpc) is 3.74. The highest BCUT2D eigenvalue weighted by molar-refractivity contribution is 6.00. The van der Waals surface area contributed by atoms with Crippen LogP contribution in [0.1, 0.15) is 44.7 Å². The Labute approximate surface area is 282 Å². The summed E-state index contributed by atoms with van der Waals surface area (Å²) in [7, 11) is 0. The fraction of sp³-hybridized carbons (Fsp3) is 0.611. The number of morpholine rings is 1. The van der Waals surface area contributed by atoms with Crippen LogP contribution in [-0.2, 0) is 33.4 Å². The molecule has 2 N–H and O–H groups in total. The second-order valence-corrected chi connectivity index (χ2v) is 13.8. The number of hydrogen-bond acceptors (Lipinski definition) is 9. The van der Waals surface area contributed by atoms with E-state index < -0.39 is 53.5 Å². The van der Waals surface area contributed by atoms with E-state index in [4.69, 9.17) is 14.2 Å². The Kier molecular flexibility index (Phi) is 10.6. The van der Waals surface area contributed by atoms with Crippen LogP contribution in [0.4, 0.5) is 0 Å². The van der Waals surface area contributed by atoms with Crippen LogP contribution in [0.25, 0.3) is 0 Å². The molecule has 12 nitrogen and oxygen atoms in total. The lowest BCUT2D eigenvalue weighted by atomic mass is 9.74. The lowest BCUT2D eigenvalue weighted by Crippen LogP contribution is -2.59. The van der Waals surface area contributed by atoms with Crippen molar-refractivity contribution >= 4 is 23.7 Å². The smallest absolute Gasteiger partial charge is 0.306 e. The molecule has 0 saturated carbocycles. The first-order valence-electron chi connectivity index (χ1n) is 17.3. The van der Waals surface area contributed by atoms with Crippen molar-refractivity contribution in [2.45, 2.75) is 62.9 Å². The first-order chi connectivity index (χ1) is 23.2. The number of esters is 1. The number of rotatable bonds is 8. The van der Waals surface area contributed by atoms with Crippen molar-refractivity contribution in [1.29, 1.82) is 0 Å². The maximum absolute atomic E-state index is 14.9. The molecule has 0 aliphatic carbocycles. The summed E-state index contributed by atoms with van der Waals surface area (Å²) in [4.78, 5) is 62.0. The summed E-state index contributed by atoms with van der Waals surface area (Å²) >= 11 is 0. The van der Waals surface area contributed by atoms with Crippen molar-refractivity contribution in [3.63, 3.8) is 0 Å². The van der Waals surface area contributed by atoms with Crippen molar-refractivity contribution in [1.82, 2.24) is 20.0 Å². The zero-order valence-corrected chi connectivity index (χ0v) is 27.9.